The van der Waals surface area contributed by atoms with Crippen LogP contribution in [0.2, 0.25) is 0 Å². The molecule has 1 aliphatic carbocycles. The standard InChI is InChI=1S/C9H13.3ClH.V/c1-9(2,3)8-6-4-5-7-8;;;;/h4,6H,5H2,1-3H3;3*1H;/q-1;;;;. The van der Waals surface area contributed by atoms with Gasteiger partial charge >= 0.3 is 0 Å². The molecule has 0 heterocycles. The third-order valence-electron chi connectivity index (χ3n) is 1.50. The summed E-state index contributed by atoms with van der Waals surface area (Å²) in [6.07, 6.45) is 8.63. The first-order valence-electron chi connectivity index (χ1n) is 3.38. The Kier molecular flexibility index (Phi) is 17.2. The predicted molar refractivity (Wildman–Crippen MR) is 61.7 cm³/mol. The summed E-state index contributed by atoms with van der Waals surface area (Å²) in [6.45, 7) is 6.64. The molecule has 0 unspecified atom stereocenters. The van der Waals surface area contributed by atoms with Crippen LogP contribution in [0.3, 0.4) is 0 Å². The molecule has 0 amide bonds. The van der Waals surface area contributed by atoms with Crippen LogP contribution in [-0.2, 0) is 18.6 Å². The van der Waals surface area contributed by atoms with Crippen molar-refractivity contribution in [2.45, 2.75) is 27.2 Å². The van der Waals surface area contributed by atoms with Gasteiger partial charge in [0.2, 0.25) is 0 Å². The molecule has 0 spiro atoms. The van der Waals surface area contributed by atoms with E-state index < -0.39 is 0 Å². The fraction of sp³-hybridized carbons (Fsp3) is 0.556. The first kappa shape index (κ1) is 23.6. The molecule has 0 aromatic carbocycles. The number of halogens is 3. The molecule has 0 aromatic rings. The van der Waals surface area contributed by atoms with Crippen LogP contribution in [0.5, 0.6) is 0 Å². The van der Waals surface area contributed by atoms with E-state index in [1.54, 1.807) is 0 Å². The van der Waals surface area contributed by atoms with Gasteiger partial charge in [-0.2, -0.15) is 6.08 Å². The van der Waals surface area contributed by atoms with Gasteiger partial charge in [0, 0.05) is 18.6 Å². The molecular weight excluding hydrogens is 265 g/mol. The van der Waals surface area contributed by atoms with Crippen molar-refractivity contribution in [2.24, 2.45) is 5.41 Å². The van der Waals surface area contributed by atoms with Gasteiger partial charge in [0.05, 0.1) is 0 Å². The van der Waals surface area contributed by atoms with Gasteiger partial charge in [-0.25, -0.2) is 11.6 Å². The average molecular weight is 282 g/mol. The Labute approximate surface area is 112 Å². The molecule has 0 bridgehead atoms. The zero-order valence-electron chi connectivity index (χ0n) is 8.03. The molecular formula is C9H16Cl3V-. The Balaban J connectivity index is -0.000000101. The summed E-state index contributed by atoms with van der Waals surface area (Å²) in [4.78, 5) is 0. The molecule has 0 N–H and O–H groups in total. The second-order valence-corrected chi connectivity index (χ2v) is 3.45. The minimum Gasteiger partial charge on any atom is -0.269 e. The molecule has 0 saturated heterocycles. The quantitative estimate of drug-likeness (QED) is 0.589. The molecule has 1 aliphatic rings. The van der Waals surface area contributed by atoms with E-state index in [1.807, 2.05) is 0 Å². The van der Waals surface area contributed by atoms with Crippen LogP contribution < -0.4 is 0 Å². The SMILES string of the molecule is CC(C)(C)C1=[C-]CC=C1.Cl.Cl.Cl.[V]. The minimum absolute atomic E-state index is 0. The van der Waals surface area contributed by atoms with Crippen molar-refractivity contribution in [3.63, 3.8) is 0 Å². The summed E-state index contributed by atoms with van der Waals surface area (Å²) >= 11 is 0. The van der Waals surface area contributed by atoms with E-state index in [0.717, 1.165) is 6.42 Å². The van der Waals surface area contributed by atoms with Crippen LogP contribution in [-0.4, -0.2) is 0 Å². The van der Waals surface area contributed by atoms with Crippen LogP contribution in [0, 0.1) is 11.5 Å². The summed E-state index contributed by atoms with van der Waals surface area (Å²) in [5.74, 6) is 0. The van der Waals surface area contributed by atoms with Crippen molar-refractivity contribution in [1.82, 2.24) is 0 Å². The summed E-state index contributed by atoms with van der Waals surface area (Å²) < 4.78 is 0. The minimum atomic E-state index is 0. The van der Waals surface area contributed by atoms with E-state index in [9.17, 15) is 0 Å². The first-order chi connectivity index (χ1) is 4.11. The van der Waals surface area contributed by atoms with E-state index in [1.165, 1.54) is 5.57 Å². The maximum atomic E-state index is 3.30. The molecule has 0 saturated carbocycles. The van der Waals surface area contributed by atoms with E-state index in [-0.39, 0.29) is 55.8 Å². The summed E-state index contributed by atoms with van der Waals surface area (Å²) in [6, 6.07) is 0. The molecule has 0 fully saturated rings. The summed E-state index contributed by atoms with van der Waals surface area (Å²) in [7, 11) is 0. The van der Waals surface area contributed by atoms with E-state index >= 15 is 0 Å². The Bertz CT molecular complexity index is 168. The normalized spacial score (nSPS) is 12.7. The van der Waals surface area contributed by atoms with Gasteiger partial charge in [-0.15, -0.1) is 43.6 Å². The van der Waals surface area contributed by atoms with Gasteiger partial charge in [-0.05, 0) is 5.41 Å². The molecule has 0 nitrogen and oxygen atoms in total. The molecule has 13 heavy (non-hydrogen) atoms. The zero-order valence-corrected chi connectivity index (χ0v) is 11.9. The third kappa shape index (κ3) is 7.96. The van der Waals surface area contributed by atoms with Gasteiger partial charge in [0.25, 0.3) is 0 Å². The van der Waals surface area contributed by atoms with Gasteiger partial charge in [0.15, 0.2) is 0 Å². The number of hydrogen-bond acceptors (Lipinski definition) is 0. The molecule has 79 valence electrons. The fourth-order valence-corrected chi connectivity index (χ4v) is 0.920. The molecule has 0 atom stereocenters. The summed E-state index contributed by atoms with van der Waals surface area (Å²) in [5, 5.41) is 0. The van der Waals surface area contributed by atoms with Crippen molar-refractivity contribution in [3.05, 3.63) is 23.8 Å². The molecule has 0 aromatic heterocycles. The van der Waals surface area contributed by atoms with Gasteiger partial charge in [-0.1, -0.05) is 20.8 Å². The van der Waals surface area contributed by atoms with E-state index in [2.05, 4.69) is 39.0 Å². The first-order valence-corrected chi connectivity index (χ1v) is 3.38. The Morgan fingerprint density at radius 2 is 1.62 bits per heavy atom. The molecule has 1 rings (SSSR count). The van der Waals surface area contributed by atoms with Gasteiger partial charge in [-0.3, -0.25) is 6.08 Å². The zero-order chi connectivity index (χ0) is 6.91. The third-order valence-corrected chi connectivity index (χ3v) is 1.50. The Morgan fingerprint density at radius 3 is 1.77 bits per heavy atom. The topological polar surface area (TPSA) is 0 Å². The van der Waals surface area contributed by atoms with Gasteiger partial charge < -0.3 is 0 Å². The van der Waals surface area contributed by atoms with Crippen LogP contribution in [0.25, 0.3) is 0 Å². The second kappa shape index (κ2) is 9.49. The monoisotopic (exact) mass is 280 g/mol. The Morgan fingerprint density at radius 1 is 1.15 bits per heavy atom. The maximum absolute atomic E-state index is 3.30. The van der Waals surface area contributed by atoms with Gasteiger partial charge in [0.1, 0.15) is 0 Å². The van der Waals surface area contributed by atoms with Crippen LogP contribution in [0.15, 0.2) is 17.7 Å². The van der Waals surface area contributed by atoms with Crippen LogP contribution in [0.4, 0.5) is 0 Å². The van der Waals surface area contributed by atoms with Crippen molar-refractivity contribution in [2.75, 3.05) is 0 Å². The number of hydrogen-bond donors (Lipinski definition) is 0. The van der Waals surface area contributed by atoms with Crippen LogP contribution in [0.1, 0.15) is 27.2 Å². The molecule has 1 radical (unpaired) electrons. The summed E-state index contributed by atoms with van der Waals surface area (Å²) in [5.41, 5.74) is 1.65. The number of allylic oxidation sites excluding steroid dienone is 4. The second-order valence-electron chi connectivity index (χ2n) is 3.45. The van der Waals surface area contributed by atoms with Crippen molar-refractivity contribution in [3.8, 4) is 0 Å². The Hall–Kier alpha value is 0.934. The van der Waals surface area contributed by atoms with Crippen molar-refractivity contribution in [1.29, 1.82) is 0 Å². The van der Waals surface area contributed by atoms with E-state index in [0.29, 0.717) is 5.41 Å². The smallest absolute Gasteiger partial charge is 0 e. The van der Waals surface area contributed by atoms with Crippen molar-refractivity contribution < 1.29 is 18.6 Å². The van der Waals surface area contributed by atoms with E-state index in [4.69, 9.17) is 0 Å². The average Bonchev–Trinajstić information content (AvgIpc) is 2.08. The molecule has 4 heteroatoms. The maximum Gasteiger partial charge on any atom is 0 e. The van der Waals surface area contributed by atoms with Crippen LogP contribution >= 0.6 is 37.2 Å². The number of rotatable bonds is 0. The fourth-order valence-electron chi connectivity index (χ4n) is 0.920. The largest absolute Gasteiger partial charge is 0.269 e. The molecule has 0 aliphatic heterocycles. The predicted octanol–water partition coefficient (Wildman–Crippen LogP) is 3.98. The van der Waals surface area contributed by atoms with Crippen molar-refractivity contribution >= 4 is 37.2 Å².